The van der Waals surface area contributed by atoms with Gasteiger partial charge in [-0.25, -0.2) is 4.98 Å². The van der Waals surface area contributed by atoms with Crippen molar-refractivity contribution >= 4 is 23.8 Å². The lowest BCUT2D eigenvalue weighted by atomic mass is 10.1. The van der Waals surface area contributed by atoms with Crippen LogP contribution < -0.4 is 4.74 Å². The van der Waals surface area contributed by atoms with Gasteiger partial charge < -0.3 is 14.5 Å². The Hall–Kier alpha value is -1.43. The molecular formula is C14H13ClN2O2S. The molecule has 0 spiro atoms. The van der Waals surface area contributed by atoms with Crippen molar-refractivity contribution in [3.63, 3.8) is 0 Å². The number of hydrogen-bond donors (Lipinski definition) is 1. The quantitative estimate of drug-likeness (QED) is 0.862. The molecule has 0 radical (unpaired) electrons. The minimum absolute atomic E-state index is 0.524. The number of fused-ring (bicyclic) bond motifs is 1. The molecule has 1 N–H and O–H groups in total. The summed E-state index contributed by atoms with van der Waals surface area (Å²) in [5.74, 6) is 1.37. The van der Waals surface area contributed by atoms with Crippen molar-refractivity contribution in [3.8, 4) is 17.1 Å². The normalized spacial score (nSPS) is 13.9. The summed E-state index contributed by atoms with van der Waals surface area (Å²) in [6.45, 7) is 1.22. The van der Waals surface area contributed by atoms with Gasteiger partial charge in [-0.1, -0.05) is 23.8 Å². The van der Waals surface area contributed by atoms with Gasteiger partial charge in [-0.05, 0) is 18.2 Å². The smallest absolute Gasteiger partial charge is 0.142 e. The number of nitrogens with zero attached hydrogens (tertiary/aromatic N) is 1. The highest BCUT2D eigenvalue weighted by atomic mass is 35.5. The largest absolute Gasteiger partial charge is 0.496 e. The van der Waals surface area contributed by atoms with Gasteiger partial charge >= 0.3 is 0 Å². The van der Waals surface area contributed by atoms with E-state index in [1.807, 2.05) is 6.07 Å². The van der Waals surface area contributed by atoms with Gasteiger partial charge in [0.1, 0.15) is 16.2 Å². The molecule has 3 rings (SSSR count). The molecule has 1 aromatic carbocycles. The van der Waals surface area contributed by atoms with Gasteiger partial charge in [0.15, 0.2) is 0 Å². The minimum atomic E-state index is 0.524. The second-order valence-electron chi connectivity index (χ2n) is 4.49. The first-order valence-corrected chi connectivity index (χ1v) is 7.01. The number of benzene rings is 1. The fourth-order valence-corrected chi connectivity index (χ4v) is 2.68. The topological polar surface area (TPSA) is 47.1 Å². The fraction of sp³-hybridized carbons (Fsp3) is 0.286. The van der Waals surface area contributed by atoms with Crippen molar-refractivity contribution in [2.24, 2.45) is 0 Å². The molecule has 0 fully saturated rings. The number of nitrogens with one attached hydrogen (secondary N) is 1. The third-order valence-electron chi connectivity index (χ3n) is 3.27. The summed E-state index contributed by atoms with van der Waals surface area (Å²) in [6, 6.07) is 5.44. The van der Waals surface area contributed by atoms with E-state index in [2.05, 4.69) is 9.97 Å². The predicted molar refractivity (Wildman–Crippen MR) is 79.8 cm³/mol. The van der Waals surface area contributed by atoms with Crippen LogP contribution in [-0.2, 0) is 17.8 Å². The van der Waals surface area contributed by atoms with Gasteiger partial charge in [-0.15, -0.1) is 0 Å². The fourth-order valence-electron chi connectivity index (χ4n) is 2.24. The van der Waals surface area contributed by atoms with Crippen LogP contribution in [0.2, 0.25) is 5.02 Å². The van der Waals surface area contributed by atoms with Crippen LogP contribution in [0, 0.1) is 4.64 Å². The summed E-state index contributed by atoms with van der Waals surface area (Å²) in [6.07, 6.45) is 0.810. The van der Waals surface area contributed by atoms with E-state index in [1.54, 1.807) is 19.2 Å². The maximum Gasteiger partial charge on any atom is 0.142 e. The molecule has 104 valence electrons. The van der Waals surface area contributed by atoms with Crippen molar-refractivity contribution in [1.82, 2.24) is 9.97 Å². The van der Waals surface area contributed by atoms with Gasteiger partial charge in [0, 0.05) is 22.7 Å². The third-order valence-corrected chi connectivity index (χ3v) is 3.84. The molecular weight excluding hydrogens is 296 g/mol. The van der Waals surface area contributed by atoms with E-state index in [4.69, 9.17) is 33.3 Å². The number of halogens is 1. The van der Waals surface area contributed by atoms with Gasteiger partial charge in [0.2, 0.25) is 0 Å². The molecule has 0 unspecified atom stereocenters. The zero-order valence-electron chi connectivity index (χ0n) is 10.9. The minimum Gasteiger partial charge on any atom is -0.496 e. The second kappa shape index (κ2) is 5.52. The molecule has 1 aliphatic heterocycles. The maximum atomic E-state index is 5.98. The van der Waals surface area contributed by atoms with Crippen molar-refractivity contribution in [1.29, 1.82) is 0 Å². The van der Waals surface area contributed by atoms with Crippen LogP contribution in [0.4, 0.5) is 0 Å². The average molecular weight is 309 g/mol. The van der Waals surface area contributed by atoms with Crippen LogP contribution in [0.1, 0.15) is 11.3 Å². The number of methoxy groups -OCH3 is 1. The van der Waals surface area contributed by atoms with Crippen LogP contribution in [-0.4, -0.2) is 23.7 Å². The van der Waals surface area contributed by atoms with Gasteiger partial charge in [-0.3, -0.25) is 0 Å². The first-order chi connectivity index (χ1) is 9.69. The Morgan fingerprint density at radius 3 is 3.10 bits per heavy atom. The number of aromatic nitrogens is 2. The number of ether oxygens (including phenoxy) is 2. The number of H-pyrrole nitrogens is 1. The van der Waals surface area contributed by atoms with Gasteiger partial charge in [-0.2, -0.15) is 0 Å². The summed E-state index contributed by atoms with van der Waals surface area (Å²) < 4.78 is 11.4. The van der Waals surface area contributed by atoms with Crippen LogP contribution in [0.3, 0.4) is 0 Å². The molecule has 2 heterocycles. The highest BCUT2D eigenvalue weighted by Crippen LogP contribution is 2.31. The van der Waals surface area contributed by atoms with Crippen LogP contribution >= 0.6 is 23.8 Å². The SMILES string of the molecule is COc1cc(Cl)ccc1-c1nc(=S)c2c([nH]1)CCOC2. The highest BCUT2D eigenvalue weighted by Gasteiger charge is 2.16. The molecule has 1 aliphatic rings. The summed E-state index contributed by atoms with van der Waals surface area (Å²) >= 11 is 11.3. The lowest BCUT2D eigenvalue weighted by Crippen LogP contribution is -2.14. The van der Waals surface area contributed by atoms with Crippen molar-refractivity contribution in [2.75, 3.05) is 13.7 Å². The summed E-state index contributed by atoms with van der Waals surface area (Å²) in [5.41, 5.74) is 2.91. The van der Waals surface area contributed by atoms with Crippen molar-refractivity contribution < 1.29 is 9.47 Å². The number of rotatable bonds is 2. The standard InChI is InChI=1S/C14H13ClN2O2S/c1-18-12-6-8(15)2-3-9(12)13-16-11-4-5-19-7-10(11)14(20)17-13/h2-3,6H,4-5,7H2,1H3,(H,16,17,20). The van der Waals surface area contributed by atoms with Crippen molar-refractivity contribution in [2.45, 2.75) is 13.0 Å². The Kier molecular flexibility index (Phi) is 3.74. The molecule has 2 aromatic rings. The average Bonchev–Trinajstić information content (AvgIpc) is 2.47. The zero-order valence-corrected chi connectivity index (χ0v) is 12.5. The van der Waals surface area contributed by atoms with Crippen molar-refractivity contribution in [3.05, 3.63) is 39.1 Å². The zero-order chi connectivity index (χ0) is 14.1. The van der Waals surface area contributed by atoms with E-state index in [-0.39, 0.29) is 0 Å². The predicted octanol–water partition coefficient (Wildman–Crippen LogP) is 3.54. The van der Waals surface area contributed by atoms with Gasteiger partial charge in [0.05, 0.1) is 25.9 Å². The summed E-state index contributed by atoms with van der Waals surface area (Å²) in [5, 5.41) is 0.621. The Morgan fingerprint density at radius 1 is 1.45 bits per heavy atom. The molecule has 0 aliphatic carbocycles. The Labute approximate surface area is 126 Å². The van der Waals surface area contributed by atoms with Crippen LogP contribution in [0.25, 0.3) is 11.4 Å². The number of hydrogen-bond acceptors (Lipinski definition) is 4. The van der Waals surface area contributed by atoms with Gasteiger partial charge in [0.25, 0.3) is 0 Å². The Morgan fingerprint density at radius 2 is 2.30 bits per heavy atom. The lowest BCUT2D eigenvalue weighted by Gasteiger charge is -2.17. The summed E-state index contributed by atoms with van der Waals surface area (Å²) in [4.78, 5) is 7.79. The molecule has 4 nitrogen and oxygen atoms in total. The first-order valence-electron chi connectivity index (χ1n) is 6.23. The van der Waals surface area contributed by atoms with Crippen LogP contribution in [0.5, 0.6) is 5.75 Å². The molecule has 0 bridgehead atoms. The molecule has 6 heteroatoms. The third kappa shape index (κ3) is 2.44. The number of aromatic amines is 1. The second-order valence-corrected chi connectivity index (χ2v) is 5.32. The summed E-state index contributed by atoms with van der Waals surface area (Å²) in [7, 11) is 1.61. The lowest BCUT2D eigenvalue weighted by molar-refractivity contribution is 0.108. The Bertz CT molecular complexity index is 715. The molecule has 0 saturated heterocycles. The monoisotopic (exact) mass is 308 g/mol. The van der Waals surface area contributed by atoms with E-state index in [9.17, 15) is 0 Å². The van der Waals surface area contributed by atoms with E-state index in [1.165, 1.54) is 0 Å². The van der Waals surface area contributed by atoms with E-state index < -0.39 is 0 Å². The van der Waals surface area contributed by atoms with E-state index in [0.717, 1.165) is 23.2 Å². The maximum absolute atomic E-state index is 5.98. The molecule has 20 heavy (non-hydrogen) atoms. The van der Waals surface area contributed by atoms with E-state index in [0.29, 0.717) is 34.5 Å². The Balaban J connectivity index is 2.16. The first kappa shape index (κ1) is 13.5. The van der Waals surface area contributed by atoms with Crippen LogP contribution in [0.15, 0.2) is 18.2 Å². The molecule has 0 atom stereocenters. The highest BCUT2D eigenvalue weighted by molar-refractivity contribution is 7.71. The molecule has 1 aromatic heterocycles. The van der Waals surface area contributed by atoms with E-state index >= 15 is 0 Å². The molecule has 0 amide bonds. The molecule has 0 saturated carbocycles.